The molecule has 19 heavy (non-hydrogen) atoms. The number of rotatable bonds is 4. The van der Waals surface area contributed by atoms with E-state index in [2.05, 4.69) is 10.1 Å². The molecule has 108 valence electrons. The molecule has 0 amide bonds. The molecule has 4 fully saturated rings. The fourth-order valence-electron chi connectivity index (χ4n) is 4.98. The van der Waals surface area contributed by atoms with Crippen LogP contribution in [0.4, 0.5) is 0 Å². The van der Waals surface area contributed by atoms with Crippen LogP contribution in [-0.2, 0) is 9.53 Å². The van der Waals surface area contributed by atoms with Crippen LogP contribution in [0.25, 0.3) is 0 Å². The number of hydrogen-bond acceptors (Lipinski definition) is 4. The standard InChI is InChI=1S/C15H25NO3/c1-14(18,13(17)19-2)9-16-15-6-10-3-11(7-15)5-12(4-10)8-15/h10-12,16,18H,3-9H2,1-2H3. The highest BCUT2D eigenvalue weighted by atomic mass is 16.5. The Morgan fingerprint density at radius 2 is 1.74 bits per heavy atom. The van der Waals surface area contributed by atoms with Crippen molar-refractivity contribution in [2.75, 3.05) is 13.7 Å². The van der Waals surface area contributed by atoms with Crippen molar-refractivity contribution < 1.29 is 14.6 Å². The Morgan fingerprint density at radius 1 is 1.26 bits per heavy atom. The van der Waals surface area contributed by atoms with E-state index >= 15 is 0 Å². The SMILES string of the molecule is COC(=O)C(C)(O)CNC12CC3CC(CC(C3)C1)C2. The minimum atomic E-state index is -1.42. The molecule has 0 aromatic heterocycles. The molecule has 0 aromatic carbocycles. The molecule has 4 nitrogen and oxygen atoms in total. The highest BCUT2D eigenvalue weighted by molar-refractivity contribution is 5.78. The second-order valence-corrected chi connectivity index (χ2v) is 7.32. The molecule has 0 radical (unpaired) electrons. The summed E-state index contributed by atoms with van der Waals surface area (Å²) in [6.45, 7) is 1.83. The van der Waals surface area contributed by atoms with Gasteiger partial charge in [-0.25, -0.2) is 4.79 Å². The summed E-state index contributed by atoms with van der Waals surface area (Å²) in [5.41, 5.74) is -1.25. The summed E-state index contributed by atoms with van der Waals surface area (Å²) < 4.78 is 4.66. The Labute approximate surface area is 114 Å². The predicted molar refractivity (Wildman–Crippen MR) is 71.5 cm³/mol. The van der Waals surface area contributed by atoms with Crippen LogP contribution in [0.15, 0.2) is 0 Å². The van der Waals surface area contributed by atoms with Crippen LogP contribution < -0.4 is 5.32 Å². The minimum Gasteiger partial charge on any atom is -0.467 e. The number of carbonyl (C=O) groups is 1. The lowest BCUT2D eigenvalue weighted by molar-refractivity contribution is -0.160. The monoisotopic (exact) mass is 267 g/mol. The van der Waals surface area contributed by atoms with Crippen LogP contribution in [0.5, 0.6) is 0 Å². The lowest BCUT2D eigenvalue weighted by Crippen LogP contribution is -2.61. The number of ether oxygens (including phenoxy) is 1. The van der Waals surface area contributed by atoms with Gasteiger partial charge in [0.2, 0.25) is 0 Å². The van der Waals surface area contributed by atoms with E-state index in [1.54, 1.807) is 0 Å². The first-order chi connectivity index (χ1) is 8.92. The van der Waals surface area contributed by atoms with E-state index in [4.69, 9.17) is 0 Å². The van der Waals surface area contributed by atoms with E-state index in [1.165, 1.54) is 52.6 Å². The van der Waals surface area contributed by atoms with E-state index in [1.807, 2.05) is 0 Å². The average molecular weight is 267 g/mol. The van der Waals surface area contributed by atoms with Gasteiger partial charge >= 0.3 is 5.97 Å². The second-order valence-electron chi connectivity index (χ2n) is 7.32. The number of methoxy groups -OCH3 is 1. The normalized spacial score (nSPS) is 43.0. The molecule has 1 unspecified atom stereocenters. The van der Waals surface area contributed by atoms with E-state index in [0.29, 0.717) is 6.54 Å². The molecule has 0 spiro atoms. The van der Waals surface area contributed by atoms with Crippen molar-refractivity contribution in [3.05, 3.63) is 0 Å². The molecule has 4 aliphatic rings. The molecule has 0 aliphatic heterocycles. The van der Waals surface area contributed by atoms with Crippen molar-refractivity contribution in [3.8, 4) is 0 Å². The first-order valence-electron chi connectivity index (χ1n) is 7.48. The van der Waals surface area contributed by atoms with Gasteiger partial charge < -0.3 is 15.2 Å². The van der Waals surface area contributed by atoms with Gasteiger partial charge in [-0.3, -0.25) is 0 Å². The van der Waals surface area contributed by atoms with Crippen LogP contribution >= 0.6 is 0 Å². The number of aliphatic hydroxyl groups is 1. The van der Waals surface area contributed by atoms with Crippen molar-refractivity contribution in [2.45, 2.75) is 56.6 Å². The van der Waals surface area contributed by atoms with Crippen molar-refractivity contribution in [2.24, 2.45) is 17.8 Å². The predicted octanol–water partition coefficient (Wildman–Crippen LogP) is 1.47. The quantitative estimate of drug-likeness (QED) is 0.757. The number of esters is 1. The third kappa shape index (κ3) is 2.40. The molecule has 0 heterocycles. The number of carbonyl (C=O) groups excluding carboxylic acids is 1. The molecule has 4 aliphatic carbocycles. The van der Waals surface area contributed by atoms with Crippen LogP contribution in [-0.4, -0.2) is 35.9 Å². The van der Waals surface area contributed by atoms with Gasteiger partial charge in [0, 0.05) is 12.1 Å². The van der Waals surface area contributed by atoms with E-state index < -0.39 is 11.6 Å². The van der Waals surface area contributed by atoms with Gasteiger partial charge in [-0.15, -0.1) is 0 Å². The second kappa shape index (κ2) is 4.45. The molecule has 4 bridgehead atoms. The molecule has 1 atom stereocenters. The molecule has 4 rings (SSSR count). The molecule has 0 saturated heterocycles. The third-order valence-corrected chi connectivity index (χ3v) is 5.47. The molecule has 4 saturated carbocycles. The summed E-state index contributed by atoms with van der Waals surface area (Å²) in [6.07, 6.45) is 7.85. The highest BCUT2D eigenvalue weighted by Crippen LogP contribution is 2.55. The van der Waals surface area contributed by atoms with Gasteiger partial charge in [-0.2, -0.15) is 0 Å². The van der Waals surface area contributed by atoms with E-state index in [-0.39, 0.29) is 5.54 Å². The first-order valence-corrected chi connectivity index (χ1v) is 7.48. The lowest BCUT2D eigenvalue weighted by Gasteiger charge is -2.57. The maximum atomic E-state index is 11.5. The topological polar surface area (TPSA) is 58.6 Å². The zero-order chi connectivity index (χ0) is 13.7. The number of β-amino-alcohol motifs (C(OH)–C–C–N with tert-alkyl or cyclic N) is 1. The summed E-state index contributed by atoms with van der Waals surface area (Å²) in [5.74, 6) is 2.04. The van der Waals surface area contributed by atoms with Crippen LogP contribution in [0.2, 0.25) is 0 Å². The zero-order valence-corrected chi connectivity index (χ0v) is 11.9. The molecular weight excluding hydrogens is 242 g/mol. The Bertz CT molecular complexity index is 342. The summed E-state index contributed by atoms with van der Waals surface area (Å²) in [5, 5.41) is 13.7. The average Bonchev–Trinajstić information content (AvgIpc) is 2.34. The lowest BCUT2D eigenvalue weighted by atomic mass is 9.53. The summed E-state index contributed by atoms with van der Waals surface area (Å²) in [6, 6.07) is 0. The smallest absolute Gasteiger partial charge is 0.338 e. The minimum absolute atomic E-state index is 0.173. The van der Waals surface area contributed by atoms with Gasteiger partial charge in [0.25, 0.3) is 0 Å². The summed E-state index contributed by atoms with van der Waals surface area (Å²) in [4.78, 5) is 11.5. The molecular formula is C15H25NO3. The highest BCUT2D eigenvalue weighted by Gasteiger charge is 2.51. The fourth-order valence-corrected chi connectivity index (χ4v) is 4.98. The Hall–Kier alpha value is -0.610. The van der Waals surface area contributed by atoms with Gasteiger partial charge in [0.05, 0.1) is 7.11 Å². The molecule has 2 N–H and O–H groups in total. The molecule has 0 aromatic rings. The van der Waals surface area contributed by atoms with Crippen LogP contribution in [0, 0.1) is 17.8 Å². The summed E-state index contributed by atoms with van der Waals surface area (Å²) in [7, 11) is 1.32. The van der Waals surface area contributed by atoms with Crippen LogP contribution in [0.3, 0.4) is 0 Å². The van der Waals surface area contributed by atoms with Crippen molar-refractivity contribution in [3.63, 3.8) is 0 Å². The zero-order valence-electron chi connectivity index (χ0n) is 11.9. The Balaban J connectivity index is 1.65. The summed E-state index contributed by atoms with van der Waals surface area (Å²) >= 11 is 0. The first kappa shape index (κ1) is 13.4. The van der Waals surface area contributed by atoms with Gasteiger partial charge in [0.15, 0.2) is 5.60 Å². The largest absolute Gasteiger partial charge is 0.467 e. The maximum Gasteiger partial charge on any atom is 0.338 e. The Kier molecular flexibility index (Phi) is 3.13. The van der Waals surface area contributed by atoms with E-state index in [9.17, 15) is 9.90 Å². The maximum absolute atomic E-state index is 11.5. The van der Waals surface area contributed by atoms with Crippen molar-refractivity contribution in [1.29, 1.82) is 0 Å². The van der Waals surface area contributed by atoms with Gasteiger partial charge in [0.1, 0.15) is 0 Å². The number of hydrogen-bond donors (Lipinski definition) is 2. The Morgan fingerprint density at radius 3 is 2.16 bits per heavy atom. The van der Waals surface area contributed by atoms with Gasteiger partial charge in [-0.05, 0) is 63.2 Å². The fraction of sp³-hybridized carbons (Fsp3) is 0.933. The van der Waals surface area contributed by atoms with E-state index in [0.717, 1.165) is 17.8 Å². The van der Waals surface area contributed by atoms with Crippen molar-refractivity contribution >= 4 is 5.97 Å². The third-order valence-electron chi connectivity index (χ3n) is 5.47. The number of nitrogens with one attached hydrogen (secondary N) is 1. The van der Waals surface area contributed by atoms with Crippen molar-refractivity contribution in [1.82, 2.24) is 5.32 Å². The molecule has 4 heteroatoms. The van der Waals surface area contributed by atoms with Crippen LogP contribution in [0.1, 0.15) is 45.4 Å². The van der Waals surface area contributed by atoms with Gasteiger partial charge in [-0.1, -0.05) is 0 Å².